The summed E-state index contributed by atoms with van der Waals surface area (Å²) in [6.07, 6.45) is 0. The number of rotatable bonds is 4. The van der Waals surface area contributed by atoms with Crippen LogP contribution >= 0.6 is 23.5 Å². The summed E-state index contributed by atoms with van der Waals surface area (Å²) in [7, 11) is 1.71. The molecule has 18 heavy (non-hydrogen) atoms. The average molecular weight is 284 g/mol. The van der Waals surface area contributed by atoms with Crippen molar-refractivity contribution >= 4 is 29.5 Å². The number of hydrogen-bond acceptors (Lipinski definition) is 5. The summed E-state index contributed by atoms with van der Waals surface area (Å²) in [6.45, 7) is 2.48. The molecule has 1 saturated heterocycles. The van der Waals surface area contributed by atoms with Crippen LogP contribution in [-0.2, 0) is 9.47 Å². The van der Waals surface area contributed by atoms with Gasteiger partial charge in [-0.1, -0.05) is 18.2 Å². The Morgan fingerprint density at radius 3 is 2.78 bits per heavy atom. The second-order valence-electron chi connectivity index (χ2n) is 4.17. The Bertz CT molecular complexity index is 410. The normalized spacial score (nSPS) is 27.1. The predicted molar refractivity (Wildman–Crippen MR) is 76.0 cm³/mol. The van der Waals surface area contributed by atoms with Gasteiger partial charge < -0.3 is 9.47 Å². The molecule has 0 radical (unpaired) electrons. The number of hydrogen-bond donors (Lipinski definition) is 0. The monoisotopic (exact) mass is 284 g/mol. The molecule has 3 nitrogen and oxygen atoms in total. The molecule has 2 atom stereocenters. The van der Waals surface area contributed by atoms with E-state index in [0.717, 1.165) is 5.75 Å². The first-order valence-electron chi connectivity index (χ1n) is 5.70. The van der Waals surface area contributed by atoms with Gasteiger partial charge in [-0.3, -0.25) is 0 Å². The highest BCUT2D eigenvalue weighted by Gasteiger charge is 2.38. The number of benzene rings is 1. The fraction of sp³-hybridized carbons (Fsp3) is 0.462. The lowest BCUT2D eigenvalue weighted by Gasteiger charge is -2.21. The van der Waals surface area contributed by atoms with E-state index in [0.29, 0.717) is 12.2 Å². The van der Waals surface area contributed by atoms with Crippen molar-refractivity contribution in [3.05, 3.63) is 35.9 Å². The van der Waals surface area contributed by atoms with Gasteiger partial charge in [0, 0.05) is 12.9 Å². The van der Waals surface area contributed by atoms with E-state index in [1.165, 1.54) is 0 Å². The van der Waals surface area contributed by atoms with E-state index in [2.05, 4.69) is 6.92 Å². The van der Waals surface area contributed by atoms with Crippen LogP contribution in [0.25, 0.3) is 0 Å². The van der Waals surface area contributed by atoms with Gasteiger partial charge in [0.05, 0.1) is 9.64 Å². The summed E-state index contributed by atoms with van der Waals surface area (Å²) >= 11 is 3.49. The maximum absolute atomic E-state index is 11.8. The van der Waals surface area contributed by atoms with Crippen LogP contribution in [0, 0.1) is 0 Å². The summed E-state index contributed by atoms with van der Waals surface area (Å²) in [6, 6.07) is 9.07. The lowest BCUT2D eigenvalue weighted by Crippen LogP contribution is -2.23. The minimum atomic E-state index is -0.265. The van der Waals surface area contributed by atoms with Crippen molar-refractivity contribution in [2.24, 2.45) is 0 Å². The molecule has 1 heterocycles. The van der Waals surface area contributed by atoms with Crippen molar-refractivity contribution in [1.29, 1.82) is 0 Å². The molecule has 0 bridgehead atoms. The van der Waals surface area contributed by atoms with Crippen LogP contribution in [0.2, 0.25) is 0 Å². The Morgan fingerprint density at radius 1 is 1.44 bits per heavy atom. The molecule has 0 N–H and O–H groups in total. The van der Waals surface area contributed by atoms with Gasteiger partial charge in [0.2, 0.25) is 0 Å². The molecule has 1 aromatic rings. The zero-order valence-electron chi connectivity index (χ0n) is 10.4. The van der Waals surface area contributed by atoms with E-state index in [-0.39, 0.29) is 15.5 Å². The Hall–Kier alpha value is -0.650. The standard InChI is InChI=1S/C13H16O3S2/c1-13(17-8-11(15-2)18-13)9-16-12(14)10-6-4-3-5-7-10/h3-7,11H,8-9H2,1-2H3. The summed E-state index contributed by atoms with van der Waals surface area (Å²) < 4.78 is 10.6. The molecule has 1 aliphatic heterocycles. The largest absolute Gasteiger partial charge is 0.460 e. The third-order valence-electron chi connectivity index (χ3n) is 2.64. The highest BCUT2D eigenvalue weighted by atomic mass is 32.2. The highest BCUT2D eigenvalue weighted by Crippen LogP contribution is 2.48. The van der Waals surface area contributed by atoms with Crippen molar-refractivity contribution in [1.82, 2.24) is 0 Å². The third kappa shape index (κ3) is 3.43. The second-order valence-corrected chi connectivity index (χ2v) is 7.61. The summed E-state index contributed by atoms with van der Waals surface area (Å²) in [5.41, 5.74) is 0.785. The van der Waals surface area contributed by atoms with Crippen molar-refractivity contribution < 1.29 is 14.3 Å². The molecule has 0 aromatic heterocycles. The number of ether oxygens (including phenoxy) is 2. The lowest BCUT2D eigenvalue weighted by molar-refractivity contribution is 0.0501. The van der Waals surface area contributed by atoms with Crippen LogP contribution in [0.5, 0.6) is 0 Å². The quantitative estimate of drug-likeness (QED) is 0.794. The van der Waals surface area contributed by atoms with E-state index in [4.69, 9.17) is 9.47 Å². The van der Waals surface area contributed by atoms with Crippen molar-refractivity contribution in [3.8, 4) is 0 Å². The summed E-state index contributed by atoms with van der Waals surface area (Å²) in [4.78, 5) is 11.8. The molecule has 1 aliphatic rings. The third-order valence-corrected chi connectivity index (χ3v) is 5.93. The highest BCUT2D eigenvalue weighted by molar-refractivity contribution is 8.21. The smallest absolute Gasteiger partial charge is 0.338 e. The van der Waals surface area contributed by atoms with Gasteiger partial charge in [0.15, 0.2) is 0 Å². The molecule has 2 unspecified atom stereocenters. The molecule has 98 valence electrons. The molecular weight excluding hydrogens is 268 g/mol. The zero-order chi connectivity index (χ0) is 13.0. The lowest BCUT2D eigenvalue weighted by atomic mass is 10.2. The Morgan fingerprint density at radius 2 is 2.17 bits per heavy atom. The van der Waals surface area contributed by atoms with Crippen LogP contribution in [0.3, 0.4) is 0 Å². The van der Waals surface area contributed by atoms with Gasteiger partial charge in [-0.25, -0.2) is 4.79 Å². The fourth-order valence-corrected chi connectivity index (χ4v) is 4.46. The minimum absolute atomic E-state index is 0.106. The first-order valence-corrected chi connectivity index (χ1v) is 7.56. The molecule has 0 spiro atoms. The minimum Gasteiger partial charge on any atom is -0.460 e. The number of carbonyl (C=O) groups is 1. The van der Waals surface area contributed by atoms with E-state index < -0.39 is 0 Å². The predicted octanol–water partition coefficient (Wildman–Crippen LogP) is 3.01. The fourth-order valence-electron chi connectivity index (χ4n) is 1.64. The SMILES string of the molecule is COC1CSC(C)(COC(=O)c2ccccc2)S1. The van der Waals surface area contributed by atoms with Gasteiger partial charge >= 0.3 is 5.97 Å². The second kappa shape index (κ2) is 5.99. The molecule has 2 rings (SSSR count). The van der Waals surface area contributed by atoms with Crippen LogP contribution in [0.4, 0.5) is 0 Å². The van der Waals surface area contributed by atoms with Crippen LogP contribution in [-0.4, -0.2) is 35.0 Å². The van der Waals surface area contributed by atoms with Gasteiger partial charge in [0.1, 0.15) is 12.0 Å². The van der Waals surface area contributed by atoms with Crippen molar-refractivity contribution in [3.63, 3.8) is 0 Å². The zero-order valence-corrected chi connectivity index (χ0v) is 12.1. The molecule has 0 aliphatic carbocycles. The first-order chi connectivity index (χ1) is 8.63. The first kappa shape index (κ1) is 13.8. The number of esters is 1. The Kier molecular flexibility index (Phi) is 4.59. The average Bonchev–Trinajstić information content (AvgIpc) is 2.79. The molecular formula is C13H16O3S2. The van der Waals surface area contributed by atoms with E-state index in [1.807, 2.05) is 18.2 Å². The van der Waals surface area contributed by atoms with Crippen LogP contribution < -0.4 is 0 Å². The van der Waals surface area contributed by atoms with E-state index in [1.54, 1.807) is 42.8 Å². The topological polar surface area (TPSA) is 35.5 Å². The maximum atomic E-state index is 11.8. The van der Waals surface area contributed by atoms with Crippen LogP contribution in [0.15, 0.2) is 30.3 Å². The maximum Gasteiger partial charge on any atom is 0.338 e. The molecule has 0 saturated carbocycles. The summed E-state index contributed by atoms with van der Waals surface area (Å²) in [5.74, 6) is 0.666. The van der Waals surface area contributed by atoms with Gasteiger partial charge in [-0.15, -0.1) is 23.5 Å². The van der Waals surface area contributed by atoms with E-state index >= 15 is 0 Å². The van der Waals surface area contributed by atoms with Gasteiger partial charge in [-0.05, 0) is 19.1 Å². The van der Waals surface area contributed by atoms with Crippen molar-refractivity contribution in [2.45, 2.75) is 16.4 Å². The molecule has 0 amide bonds. The van der Waals surface area contributed by atoms with Crippen molar-refractivity contribution in [2.75, 3.05) is 19.5 Å². The van der Waals surface area contributed by atoms with E-state index in [9.17, 15) is 4.79 Å². The van der Waals surface area contributed by atoms with Gasteiger partial charge in [-0.2, -0.15) is 0 Å². The Labute approximate surface area is 116 Å². The molecule has 1 aromatic carbocycles. The van der Waals surface area contributed by atoms with Crippen LogP contribution in [0.1, 0.15) is 17.3 Å². The summed E-state index contributed by atoms with van der Waals surface area (Å²) in [5, 5.41) is 0. The van der Waals surface area contributed by atoms with Gasteiger partial charge in [0.25, 0.3) is 0 Å². The molecule has 1 fully saturated rings. The number of thioether (sulfide) groups is 2. The number of methoxy groups -OCH3 is 1. The Balaban J connectivity index is 1.87. The molecule has 5 heteroatoms. The number of carbonyl (C=O) groups excluding carboxylic acids is 1.